The molecule has 10 radical (unpaired) electrons. The molecule has 0 amide bonds. The van der Waals surface area contributed by atoms with E-state index in [1.54, 1.807) is 0 Å². The van der Waals surface area contributed by atoms with Crippen LogP contribution in [-0.4, -0.2) is 47.8 Å². The zero-order valence-corrected chi connectivity index (χ0v) is 7.92. The van der Waals surface area contributed by atoms with Crippen LogP contribution in [0.5, 0.6) is 0 Å². The molecule has 0 rings (SSSR count). The standard InChI is InChI=1S/C2H2.2Sn.4H2/c1-2;;;;;;/h1H2;;;4*1H. The summed E-state index contributed by atoms with van der Waals surface area (Å²) in [5.74, 6) is 0. The van der Waals surface area contributed by atoms with E-state index in [9.17, 15) is 0 Å². The van der Waals surface area contributed by atoms with Gasteiger partial charge in [-0.2, -0.15) is 0 Å². The summed E-state index contributed by atoms with van der Waals surface area (Å²) in [6.45, 7) is 8.00. The quantitative estimate of drug-likeness (QED) is 0.569. The minimum Gasteiger partial charge on any atom is -0.0906 e. The third-order valence-electron chi connectivity index (χ3n) is 0. The van der Waals surface area contributed by atoms with Gasteiger partial charge in [-0.25, -0.2) is 0 Å². The van der Waals surface area contributed by atoms with Gasteiger partial charge in [0.1, 0.15) is 0 Å². The van der Waals surface area contributed by atoms with Crippen molar-refractivity contribution in [2.75, 3.05) is 0 Å². The first-order valence-electron chi connectivity index (χ1n) is 0.354. The van der Waals surface area contributed by atoms with E-state index in [1.807, 2.05) is 0 Å². The van der Waals surface area contributed by atoms with E-state index >= 15 is 0 Å². The van der Waals surface area contributed by atoms with Crippen LogP contribution in [0.2, 0.25) is 0 Å². The summed E-state index contributed by atoms with van der Waals surface area (Å²) < 4.78 is 0. The van der Waals surface area contributed by atoms with E-state index in [0.29, 0.717) is 0 Å². The van der Waals surface area contributed by atoms with Gasteiger partial charge < -0.3 is 0 Å². The summed E-state index contributed by atoms with van der Waals surface area (Å²) in [6, 6.07) is 0. The summed E-state index contributed by atoms with van der Waals surface area (Å²) in [6.07, 6.45) is 0. The molecule has 4 heavy (non-hydrogen) atoms. The molecule has 0 aliphatic rings. The molecule has 0 saturated heterocycles. The van der Waals surface area contributed by atoms with Gasteiger partial charge in [0.25, 0.3) is 0 Å². The molecule has 0 aliphatic carbocycles. The topological polar surface area (TPSA) is 0 Å². The van der Waals surface area contributed by atoms with Crippen LogP contribution in [0.4, 0.5) is 0 Å². The average Bonchev–Trinajstić information content (AvgIpc) is 1.00. The van der Waals surface area contributed by atoms with Crippen LogP contribution < -0.4 is 0 Å². The molecule has 0 aromatic carbocycles. The Morgan fingerprint density at radius 1 is 1.25 bits per heavy atom. The van der Waals surface area contributed by atoms with Gasteiger partial charge in [0.15, 0.2) is 0 Å². The molecule has 0 bridgehead atoms. The second-order valence-electron chi connectivity index (χ2n) is 0. The SMILES string of the molecule is [C]=C.[HH].[HH].[HH].[HH].[Sn].[Sn]. The smallest absolute Gasteiger partial charge is 0 e. The summed E-state index contributed by atoms with van der Waals surface area (Å²) >= 11 is 0. The fraction of sp³-hybridized carbons (Fsp3) is 0. The van der Waals surface area contributed by atoms with Crippen molar-refractivity contribution in [2.24, 2.45) is 0 Å². The maximum atomic E-state index is 5.50. The molecule has 0 aromatic rings. The molecule has 0 nitrogen and oxygen atoms in total. The van der Waals surface area contributed by atoms with Crippen molar-refractivity contribution in [3.8, 4) is 0 Å². The molecule has 0 atom stereocenters. The molecule has 0 heterocycles. The van der Waals surface area contributed by atoms with Crippen LogP contribution in [-0.2, 0) is 0 Å². The minimum atomic E-state index is 0. The molecule has 2 heteroatoms. The zero-order chi connectivity index (χ0) is 2.00. The molecule has 0 aromatic heterocycles. The van der Waals surface area contributed by atoms with Gasteiger partial charge >= 0.3 is 0 Å². The van der Waals surface area contributed by atoms with E-state index in [1.165, 1.54) is 0 Å². The normalized spacial score (nSPS) is 1.00. The number of rotatable bonds is 0. The summed E-state index contributed by atoms with van der Waals surface area (Å²) in [5.41, 5.74) is 0. The molecule has 0 fully saturated rings. The van der Waals surface area contributed by atoms with Crippen molar-refractivity contribution in [1.82, 2.24) is 0 Å². The van der Waals surface area contributed by atoms with Crippen molar-refractivity contribution in [1.29, 1.82) is 0 Å². The van der Waals surface area contributed by atoms with E-state index in [2.05, 4.69) is 6.58 Å². The molecular formula is C2H10Sn2. The first-order valence-corrected chi connectivity index (χ1v) is 0.354. The molecule has 0 saturated carbocycles. The Morgan fingerprint density at radius 3 is 1.25 bits per heavy atom. The van der Waals surface area contributed by atoms with Gasteiger partial charge in [-0.15, -0.1) is 0 Å². The van der Waals surface area contributed by atoms with E-state index < -0.39 is 0 Å². The first kappa shape index (κ1) is 18.4. The monoisotopic (exact) mass is 274 g/mol. The van der Waals surface area contributed by atoms with Crippen molar-refractivity contribution in [3.05, 3.63) is 13.2 Å². The zero-order valence-electron chi connectivity index (χ0n) is 2.21. The minimum absolute atomic E-state index is 0. The van der Waals surface area contributed by atoms with Crippen LogP contribution in [0.1, 0.15) is 5.71 Å². The summed E-state index contributed by atoms with van der Waals surface area (Å²) in [5, 5.41) is 0. The van der Waals surface area contributed by atoms with E-state index in [4.69, 9.17) is 6.58 Å². The molecule has 0 unspecified atom stereocenters. The molecule has 0 N–H and O–H groups in total. The Kier molecular flexibility index (Phi) is 124. The Labute approximate surface area is 66.5 Å². The first-order chi connectivity index (χ1) is 1.00. The Morgan fingerprint density at radius 2 is 1.25 bits per heavy atom. The van der Waals surface area contributed by atoms with E-state index in [0.717, 1.165) is 0 Å². The maximum Gasteiger partial charge on any atom is 0 e. The van der Waals surface area contributed by atoms with Gasteiger partial charge in [-0.3, -0.25) is 0 Å². The van der Waals surface area contributed by atoms with Crippen LogP contribution in [0.3, 0.4) is 0 Å². The third-order valence-corrected chi connectivity index (χ3v) is 0. The van der Waals surface area contributed by atoms with Gasteiger partial charge in [-0.05, 0) is 6.58 Å². The van der Waals surface area contributed by atoms with Crippen molar-refractivity contribution < 1.29 is 5.71 Å². The van der Waals surface area contributed by atoms with E-state index in [-0.39, 0.29) is 53.5 Å². The maximum absolute atomic E-state index is 5.50. The van der Waals surface area contributed by atoms with Crippen LogP contribution >= 0.6 is 0 Å². The fourth-order valence-corrected chi connectivity index (χ4v) is 0. The van der Waals surface area contributed by atoms with Crippen molar-refractivity contribution in [2.45, 2.75) is 0 Å². The van der Waals surface area contributed by atoms with Crippen molar-refractivity contribution in [3.63, 3.8) is 0 Å². The Balaban J connectivity index is -0.000000000333. The van der Waals surface area contributed by atoms with Gasteiger partial charge in [0, 0.05) is 53.5 Å². The fourth-order valence-electron chi connectivity index (χ4n) is 0. The van der Waals surface area contributed by atoms with Crippen LogP contribution in [0, 0.1) is 6.58 Å². The van der Waals surface area contributed by atoms with Gasteiger partial charge in [0.05, 0.1) is 0 Å². The summed E-state index contributed by atoms with van der Waals surface area (Å²) in [4.78, 5) is 0. The van der Waals surface area contributed by atoms with Crippen LogP contribution in [0.15, 0.2) is 6.58 Å². The Bertz CT molecular complexity index is 12.0. The van der Waals surface area contributed by atoms with Gasteiger partial charge in [0.2, 0.25) is 0 Å². The Hall–Kier alpha value is 1.34. The molecule has 26 valence electrons. The predicted octanol–water partition coefficient (Wildman–Crippen LogP) is 0.705. The van der Waals surface area contributed by atoms with Gasteiger partial charge in [-0.1, -0.05) is 6.58 Å². The molecule has 0 aliphatic heterocycles. The predicted molar refractivity (Wildman–Crippen MR) is 28.8 cm³/mol. The number of hydrogen-bond acceptors (Lipinski definition) is 0. The molecule has 0 spiro atoms. The largest absolute Gasteiger partial charge is 0.0906 e. The van der Waals surface area contributed by atoms with Crippen molar-refractivity contribution >= 4 is 47.8 Å². The number of hydrogen-bond donors (Lipinski definition) is 0. The third kappa shape index (κ3) is 10.2. The second kappa shape index (κ2) is 27.0. The second-order valence-corrected chi connectivity index (χ2v) is 0. The molecular weight excluding hydrogens is 261 g/mol. The van der Waals surface area contributed by atoms with Crippen LogP contribution in [0.25, 0.3) is 0 Å². The average molecular weight is 272 g/mol. The summed E-state index contributed by atoms with van der Waals surface area (Å²) in [7, 11) is 0.